The first-order valence-electron chi connectivity index (χ1n) is 8.78. The molecule has 1 heterocycles. The number of carbonyl (C=O) groups is 1. The third-order valence-corrected chi connectivity index (χ3v) is 4.32. The summed E-state index contributed by atoms with van der Waals surface area (Å²) in [5, 5.41) is 2.91. The lowest BCUT2D eigenvalue weighted by Crippen LogP contribution is -2.13. The number of aromatic nitrogens is 1. The second-order valence-electron chi connectivity index (χ2n) is 6.41. The SMILES string of the molecule is NCc1cc(NCc2cccc(-c3ccccc3C(N)=O)c2)nc(C(F)(F)F)c1. The smallest absolute Gasteiger partial charge is 0.366 e. The molecule has 0 atom stereocenters. The molecule has 2 aromatic carbocycles. The summed E-state index contributed by atoms with van der Waals surface area (Å²) in [7, 11) is 0. The van der Waals surface area contributed by atoms with Gasteiger partial charge in [0, 0.05) is 18.7 Å². The predicted octanol–water partition coefficient (Wildman–Crippen LogP) is 3.94. The Hall–Kier alpha value is -3.39. The maximum atomic E-state index is 13.0. The summed E-state index contributed by atoms with van der Waals surface area (Å²) >= 11 is 0. The van der Waals surface area contributed by atoms with Crippen LogP contribution < -0.4 is 16.8 Å². The van der Waals surface area contributed by atoms with Gasteiger partial charge in [-0.3, -0.25) is 4.79 Å². The lowest BCUT2D eigenvalue weighted by Gasteiger charge is -2.13. The number of benzene rings is 2. The quantitative estimate of drug-likeness (QED) is 0.584. The number of hydrogen-bond acceptors (Lipinski definition) is 4. The number of nitrogens with one attached hydrogen (secondary N) is 1. The molecule has 3 aromatic rings. The molecule has 0 spiro atoms. The van der Waals surface area contributed by atoms with Crippen LogP contribution in [0, 0.1) is 0 Å². The zero-order chi connectivity index (χ0) is 21.0. The van der Waals surface area contributed by atoms with E-state index < -0.39 is 17.8 Å². The van der Waals surface area contributed by atoms with Gasteiger partial charge in [0.15, 0.2) is 0 Å². The monoisotopic (exact) mass is 400 g/mol. The van der Waals surface area contributed by atoms with E-state index >= 15 is 0 Å². The summed E-state index contributed by atoms with van der Waals surface area (Å²) in [6.45, 7) is 0.213. The van der Waals surface area contributed by atoms with Gasteiger partial charge in [-0.1, -0.05) is 36.4 Å². The molecule has 8 heteroatoms. The molecule has 29 heavy (non-hydrogen) atoms. The van der Waals surface area contributed by atoms with E-state index in [0.717, 1.165) is 17.2 Å². The third-order valence-electron chi connectivity index (χ3n) is 4.32. The van der Waals surface area contributed by atoms with E-state index in [1.54, 1.807) is 30.3 Å². The Morgan fingerprint density at radius 3 is 2.45 bits per heavy atom. The molecule has 1 aromatic heterocycles. The Bertz CT molecular complexity index is 1030. The molecule has 0 bridgehead atoms. The minimum atomic E-state index is -4.56. The Morgan fingerprint density at radius 1 is 1.00 bits per heavy atom. The number of nitrogens with zero attached hydrogens (tertiary/aromatic N) is 1. The molecule has 0 saturated carbocycles. The zero-order valence-corrected chi connectivity index (χ0v) is 15.3. The standard InChI is InChI=1S/C21H19F3N4O/c22-21(23,24)18-9-14(11-25)10-19(28-18)27-12-13-4-3-5-15(8-13)16-6-1-2-7-17(16)20(26)29/h1-10H,11-12,25H2,(H2,26,29)(H,27,28). The predicted molar refractivity (Wildman–Crippen MR) is 105 cm³/mol. The number of pyridine rings is 1. The van der Waals surface area contributed by atoms with Crippen molar-refractivity contribution in [3.05, 3.63) is 83.0 Å². The van der Waals surface area contributed by atoms with Gasteiger partial charge in [-0.15, -0.1) is 0 Å². The molecule has 5 N–H and O–H groups in total. The Kier molecular flexibility index (Phi) is 5.84. The van der Waals surface area contributed by atoms with E-state index in [1.165, 1.54) is 6.07 Å². The van der Waals surface area contributed by atoms with E-state index in [-0.39, 0.29) is 18.9 Å². The molecular formula is C21H19F3N4O. The molecule has 5 nitrogen and oxygen atoms in total. The largest absolute Gasteiger partial charge is 0.433 e. The number of primary amides is 1. The van der Waals surface area contributed by atoms with Crippen molar-refractivity contribution in [2.24, 2.45) is 11.5 Å². The maximum Gasteiger partial charge on any atom is 0.433 e. The van der Waals surface area contributed by atoms with Crippen molar-refractivity contribution in [1.29, 1.82) is 0 Å². The number of anilines is 1. The first-order chi connectivity index (χ1) is 13.8. The molecule has 150 valence electrons. The highest BCUT2D eigenvalue weighted by molar-refractivity contribution is 5.99. The molecular weight excluding hydrogens is 381 g/mol. The van der Waals surface area contributed by atoms with Crippen LogP contribution in [0.25, 0.3) is 11.1 Å². The highest BCUT2D eigenvalue weighted by atomic mass is 19.4. The minimum Gasteiger partial charge on any atom is -0.366 e. The molecule has 1 amide bonds. The summed E-state index contributed by atoms with van der Waals surface area (Å²) in [4.78, 5) is 15.3. The van der Waals surface area contributed by atoms with Crippen molar-refractivity contribution in [1.82, 2.24) is 4.98 Å². The van der Waals surface area contributed by atoms with Gasteiger partial charge >= 0.3 is 6.18 Å². The van der Waals surface area contributed by atoms with Crippen LogP contribution in [0.15, 0.2) is 60.7 Å². The normalized spacial score (nSPS) is 11.3. The molecule has 0 radical (unpaired) electrons. The number of nitrogens with two attached hydrogens (primary N) is 2. The van der Waals surface area contributed by atoms with Crippen molar-refractivity contribution in [2.45, 2.75) is 19.3 Å². The van der Waals surface area contributed by atoms with E-state index in [2.05, 4.69) is 10.3 Å². The highest BCUT2D eigenvalue weighted by Crippen LogP contribution is 2.30. The maximum absolute atomic E-state index is 13.0. The minimum absolute atomic E-state index is 0.0281. The lowest BCUT2D eigenvalue weighted by atomic mass is 9.98. The van der Waals surface area contributed by atoms with Crippen LogP contribution in [0.2, 0.25) is 0 Å². The van der Waals surface area contributed by atoms with E-state index in [1.807, 2.05) is 18.2 Å². The molecule has 3 rings (SSSR count). The van der Waals surface area contributed by atoms with Gasteiger partial charge in [0.05, 0.1) is 0 Å². The molecule has 0 fully saturated rings. The first kappa shape index (κ1) is 20.3. The Labute approximate surface area is 165 Å². The second kappa shape index (κ2) is 8.32. The number of amides is 1. The van der Waals surface area contributed by atoms with E-state index in [0.29, 0.717) is 16.7 Å². The van der Waals surface area contributed by atoms with Crippen LogP contribution in [0.3, 0.4) is 0 Å². The van der Waals surface area contributed by atoms with Gasteiger partial charge in [0.2, 0.25) is 5.91 Å². The lowest BCUT2D eigenvalue weighted by molar-refractivity contribution is -0.141. The fraction of sp³-hybridized carbons (Fsp3) is 0.143. The van der Waals surface area contributed by atoms with Gasteiger partial charge in [-0.25, -0.2) is 4.98 Å². The van der Waals surface area contributed by atoms with Gasteiger partial charge in [0.25, 0.3) is 0 Å². The number of rotatable bonds is 6. The number of hydrogen-bond donors (Lipinski definition) is 3. The molecule has 0 aliphatic rings. The average Bonchev–Trinajstić information content (AvgIpc) is 2.71. The fourth-order valence-corrected chi connectivity index (χ4v) is 2.93. The van der Waals surface area contributed by atoms with Crippen LogP contribution in [0.4, 0.5) is 19.0 Å². The molecule has 0 aliphatic carbocycles. The summed E-state index contributed by atoms with van der Waals surface area (Å²) in [6, 6.07) is 16.7. The van der Waals surface area contributed by atoms with Crippen LogP contribution in [-0.4, -0.2) is 10.9 Å². The summed E-state index contributed by atoms with van der Waals surface area (Å²) in [5.74, 6) is -0.449. The van der Waals surface area contributed by atoms with Crippen molar-refractivity contribution in [3.63, 3.8) is 0 Å². The Morgan fingerprint density at radius 2 is 1.76 bits per heavy atom. The highest BCUT2D eigenvalue weighted by Gasteiger charge is 2.33. The summed E-state index contributed by atoms with van der Waals surface area (Å²) in [5.41, 5.74) is 12.9. The average molecular weight is 400 g/mol. The van der Waals surface area contributed by atoms with Crippen molar-refractivity contribution < 1.29 is 18.0 Å². The van der Waals surface area contributed by atoms with Gasteiger partial charge in [-0.2, -0.15) is 13.2 Å². The number of carbonyl (C=O) groups excluding carboxylic acids is 1. The van der Waals surface area contributed by atoms with Gasteiger partial charge < -0.3 is 16.8 Å². The number of alkyl halides is 3. The molecule has 0 unspecified atom stereocenters. The summed E-state index contributed by atoms with van der Waals surface area (Å²) in [6.07, 6.45) is -4.56. The van der Waals surface area contributed by atoms with Crippen molar-refractivity contribution >= 4 is 11.7 Å². The van der Waals surface area contributed by atoms with Crippen molar-refractivity contribution in [2.75, 3.05) is 5.32 Å². The third kappa shape index (κ3) is 4.91. The second-order valence-corrected chi connectivity index (χ2v) is 6.41. The zero-order valence-electron chi connectivity index (χ0n) is 15.3. The van der Waals surface area contributed by atoms with Gasteiger partial charge in [-0.05, 0) is 46.5 Å². The summed E-state index contributed by atoms with van der Waals surface area (Å²) < 4.78 is 39.1. The molecule has 0 saturated heterocycles. The first-order valence-corrected chi connectivity index (χ1v) is 8.78. The number of halogens is 3. The van der Waals surface area contributed by atoms with Crippen LogP contribution in [-0.2, 0) is 19.3 Å². The van der Waals surface area contributed by atoms with Crippen molar-refractivity contribution in [3.8, 4) is 11.1 Å². The Balaban J connectivity index is 1.85. The topological polar surface area (TPSA) is 94.0 Å². The fourth-order valence-electron chi connectivity index (χ4n) is 2.93. The van der Waals surface area contributed by atoms with Crippen LogP contribution >= 0.6 is 0 Å². The van der Waals surface area contributed by atoms with Crippen LogP contribution in [0.1, 0.15) is 27.2 Å². The van der Waals surface area contributed by atoms with Gasteiger partial charge in [0.1, 0.15) is 11.5 Å². The molecule has 0 aliphatic heterocycles. The van der Waals surface area contributed by atoms with E-state index in [9.17, 15) is 18.0 Å². The van der Waals surface area contributed by atoms with Crippen LogP contribution in [0.5, 0.6) is 0 Å². The van der Waals surface area contributed by atoms with E-state index in [4.69, 9.17) is 11.5 Å².